The minimum absolute atomic E-state index is 0.0109. The number of halogens is 1. The number of nitrogens with one attached hydrogen (secondary N) is 1. The van der Waals surface area contributed by atoms with Gasteiger partial charge in [0.25, 0.3) is 0 Å². The van der Waals surface area contributed by atoms with Gasteiger partial charge in [0.2, 0.25) is 5.91 Å². The number of para-hydroxylation sites is 2. The highest BCUT2D eigenvalue weighted by molar-refractivity contribution is 6.31. The molecular weight excluding hydrogens is 344 g/mol. The lowest BCUT2D eigenvalue weighted by molar-refractivity contribution is -0.133. The van der Waals surface area contributed by atoms with Gasteiger partial charge in [-0.2, -0.15) is 0 Å². The third-order valence-electron chi connectivity index (χ3n) is 3.84. The van der Waals surface area contributed by atoms with E-state index in [-0.39, 0.29) is 19.0 Å². The Morgan fingerprint density at radius 2 is 2.12 bits per heavy atom. The van der Waals surface area contributed by atoms with Crippen LogP contribution in [0.3, 0.4) is 0 Å². The molecule has 0 aromatic heterocycles. The fraction of sp³-hybridized carbons (Fsp3) is 0.222. The van der Waals surface area contributed by atoms with Gasteiger partial charge in [0.15, 0.2) is 5.75 Å². The molecule has 2 aromatic carbocycles. The van der Waals surface area contributed by atoms with Gasteiger partial charge in [-0.05, 0) is 30.7 Å². The second-order valence-electron chi connectivity index (χ2n) is 5.65. The maximum atomic E-state index is 12.5. The zero-order valence-corrected chi connectivity index (χ0v) is 14.6. The molecule has 0 saturated carbocycles. The summed E-state index contributed by atoms with van der Waals surface area (Å²) in [6.07, 6.45) is 0. The number of benzene rings is 2. The first kappa shape index (κ1) is 17.1. The highest BCUT2D eigenvalue weighted by Crippen LogP contribution is 2.32. The highest BCUT2D eigenvalue weighted by atomic mass is 35.5. The lowest BCUT2D eigenvalue weighted by Crippen LogP contribution is -2.41. The van der Waals surface area contributed by atoms with E-state index in [0.717, 1.165) is 5.56 Å². The van der Waals surface area contributed by atoms with Crippen LogP contribution in [-0.4, -0.2) is 32.1 Å². The van der Waals surface area contributed by atoms with Crippen molar-refractivity contribution in [3.05, 3.63) is 47.0 Å². The molecule has 1 aliphatic heterocycles. The molecule has 1 heterocycles. The molecule has 0 saturated heterocycles. The summed E-state index contributed by atoms with van der Waals surface area (Å²) in [5.41, 5.74) is 2.06. The van der Waals surface area contributed by atoms with Crippen molar-refractivity contribution in [3.8, 4) is 11.5 Å². The average molecular weight is 361 g/mol. The summed E-state index contributed by atoms with van der Waals surface area (Å²) >= 11 is 6.08. The Balaban J connectivity index is 1.78. The number of aryl methyl sites for hydroxylation is 1. The number of nitrogens with zero attached hydrogens (tertiary/aromatic N) is 1. The molecule has 25 heavy (non-hydrogen) atoms. The van der Waals surface area contributed by atoms with Crippen LogP contribution in [0, 0.1) is 6.92 Å². The summed E-state index contributed by atoms with van der Waals surface area (Å²) in [5.74, 6) is 0.254. The number of anilines is 2. The monoisotopic (exact) mass is 360 g/mol. The second kappa shape index (κ2) is 7.03. The Hall–Kier alpha value is -2.73. The van der Waals surface area contributed by atoms with E-state index in [9.17, 15) is 9.59 Å². The molecule has 0 unspecified atom stereocenters. The molecule has 1 amide bonds. The van der Waals surface area contributed by atoms with Crippen LogP contribution in [0.15, 0.2) is 36.4 Å². The number of carbonyl (C=O) groups excluding carboxylic acids is 2. The molecule has 0 radical (unpaired) electrons. The van der Waals surface area contributed by atoms with Gasteiger partial charge in [-0.1, -0.05) is 23.7 Å². The van der Waals surface area contributed by atoms with E-state index >= 15 is 0 Å². The number of methoxy groups -OCH3 is 1. The molecule has 6 nitrogen and oxygen atoms in total. The maximum Gasteiger partial charge on any atom is 0.331 e. The zero-order chi connectivity index (χ0) is 18.0. The van der Waals surface area contributed by atoms with Crippen LogP contribution in [0.25, 0.3) is 0 Å². The van der Waals surface area contributed by atoms with Gasteiger partial charge in [0, 0.05) is 11.1 Å². The van der Waals surface area contributed by atoms with Crippen LogP contribution >= 0.6 is 11.6 Å². The summed E-state index contributed by atoms with van der Waals surface area (Å²) in [6.45, 7) is 1.87. The number of carbonyl (C=O) groups is 2. The fourth-order valence-corrected chi connectivity index (χ4v) is 2.79. The quantitative estimate of drug-likeness (QED) is 0.670. The molecule has 0 fully saturated rings. The van der Waals surface area contributed by atoms with Crippen LogP contribution in [-0.2, 0) is 9.59 Å². The van der Waals surface area contributed by atoms with E-state index in [1.807, 2.05) is 19.1 Å². The zero-order valence-electron chi connectivity index (χ0n) is 13.8. The average Bonchev–Trinajstić information content (AvgIpc) is 2.57. The molecule has 1 aliphatic rings. The van der Waals surface area contributed by atoms with Crippen LogP contribution in [0.1, 0.15) is 5.56 Å². The lowest BCUT2D eigenvalue weighted by atomic mass is 10.2. The number of hydrogen-bond donors (Lipinski definition) is 1. The van der Waals surface area contributed by atoms with Crippen molar-refractivity contribution in [2.24, 2.45) is 0 Å². The molecule has 2 aromatic rings. The summed E-state index contributed by atoms with van der Waals surface area (Å²) in [5, 5.41) is 3.36. The van der Waals surface area contributed by atoms with Gasteiger partial charge in [-0.25, -0.2) is 4.79 Å². The Morgan fingerprint density at radius 1 is 1.36 bits per heavy atom. The first-order chi connectivity index (χ1) is 12.0. The third-order valence-corrected chi connectivity index (χ3v) is 4.25. The summed E-state index contributed by atoms with van der Waals surface area (Å²) in [4.78, 5) is 25.9. The largest absolute Gasteiger partial charge is 0.495 e. The van der Waals surface area contributed by atoms with Gasteiger partial charge in [-0.3, -0.25) is 4.79 Å². The Labute approximate surface area is 150 Å². The van der Waals surface area contributed by atoms with Crippen LogP contribution < -0.4 is 19.7 Å². The Bertz CT molecular complexity index is 838. The van der Waals surface area contributed by atoms with Gasteiger partial charge < -0.3 is 19.7 Å². The molecule has 0 spiro atoms. The minimum Gasteiger partial charge on any atom is -0.495 e. The lowest BCUT2D eigenvalue weighted by Gasteiger charge is -2.29. The molecule has 3 rings (SSSR count). The topological polar surface area (TPSA) is 67.9 Å². The first-order valence-electron chi connectivity index (χ1n) is 7.66. The van der Waals surface area contributed by atoms with E-state index in [2.05, 4.69) is 5.32 Å². The van der Waals surface area contributed by atoms with E-state index in [1.165, 1.54) is 7.11 Å². The SMILES string of the molecule is COc1cc(Cl)c(C)cc1NC(=O)CN1CC(=O)Oc2ccccc21. The number of fused-ring (bicyclic) bond motifs is 1. The minimum atomic E-state index is -0.397. The van der Waals surface area contributed by atoms with Gasteiger partial charge in [0.1, 0.15) is 12.3 Å². The van der Waals surface area contributed by atoms with Gasteiger partial charge >= 0.3 is 5.97 Å². The summed E-state index contributed by atoms with van der Waals surface area (Å²) < 4.78 is 10.4. The molecule has 130 valence electrons. The van der Waals surface area contributed by atoms with Crippen molar-refractivity contribution < 1.29 is 19.1 Å². The van der Waals surface area contributed by atoms with Gasteiger partial charge in [-0.15, -0.1) is 0 Å². The highest BCUT2D eigenvalue weighted by Gasteiger charge is 2.25. The number of esters is 1. The van der Waals surface area contributed by atoms with E-state index in [4.69, 9.17) is 21.1 Å². The smallest absolute Gasteiger partial charge is 0.331 e. The van der Waals surface area contributed by atoms with E-state index in [1.54, 1.807) is 29.2 Å². The number of amides is 1. The Kier molecular flexibility index (Phi) is 4.81. The molecular formula is C18H17ClN2O4. The predicted molar refractivity (Wildman–Crippen MR) is 95.7 cm³/mol. The van der Waals surface area contributed by atoms with Crippen molar-refractivity contribution in [1.82, 2.24) is 0 Å². The molecule has 0 bridgehead atoms. The van der Waals surface area contributed by atoms with Crippen molar-refractivity contribution in [2.75, 3.05) is 30.4 Å². The first-order valence-corrected chi connectivity index (χ1v) is 8.04. The fourth-order valence-electron chi connectivity index (χ4n) is 2.63. The predicted octanol–water partition coefficient (Wildman–Crippen LogP) is 3.02. The normalized spacial score (nSPS) is 13.1. The van der Waals surface area contributed by atoms with Crippen LogP contribution in [0.4, 0.5) is 11.4 Å². The number of hydrogen-bond acceptors (Lipinski definition) is 5. The Morgan fingerprint density at radius 3 is 2.88 bits per heavy atom. The molecule has 0 aliphatic carbocycles. The number of rotatable bonds is 4. The van der Waals surface area contributed by atoms with E-state index in [0.29, 0.717) is 27.9 Å². The van der Waals surface area contributed by atoms with Crippen LogP contribution in [0.2, 0.25) is 5.02 Å². The third kappa shape index (κ3) is 3.69. The number of ether oxygens (including phenoxy) is 2. The summed E-state index contributed by atoms with van der Waals surface area (Å²) in [7, 11) is 1.51. The standard InChI is InChI=1S/C18H17ClN2O4/c1-11-7-13(16(24-2)8-12(11)19)20-17(22)9-21-10-18(23)25-15-6-4-3-5-14(15)21/h3-8H,9-10H2,1-2H3,(H,20,22). The van der Waals surface area contributed by atoms with Crippen LogP contribution in [0.5, 0.6) is 11.5 Å². The van der Waals surface area contributed by atoms with Gasteiger partial charge in [0.05, 0.1) is 25.0 Å². The summed E-state index contributed by atoms with van der Waals surface area (Å²) in [6, 6.07) is 10.5. The second-order valence-corrected chi connectivity index (χ2v) is 6.05. The molecule has 0 atom stereocenters. The van der Waals surface area contributed by atoms with Crippen molar-refractivity contribution in [1.29, 1.82) is 0 Å². The van der Waals surface area contributed by atoms with Crippen molar-refractivity contribution >= 4 is 34.9 Å². The maximum absolute atomic E-state index is 12.5. The molecule has 1 N–H and O–H groups in total. The van der Waals surface area contributed by atoms with Crippen molar-refractivity contribution in [3.63, 3.8) is 0 Å². The van der Waals surface area contributed by atoms with Crippen molar-refractivity contribution in [2.45, 2.75) is 6.92 Å². The molecule has 7 heteroatoms. The van der Waals surface area contributed by atoms with E-state index < -0.39 is 5.97 Å².